The quantitative estimate of drug-likeness (QED) is 0.874. The van der Waals surface area contributed by atoms with Crippen LogP contribution in [0.15, 0.2) is 18.2 Å². The van der Waals surface area contributed by atoms with E-state index in [1.807, 2.05) is 18.2 Å². The third-order valence-corrected chi connectivity index (χ3v) is 4.24. The Morgan fingerprint density at radius 1 is 1.28 bits per heavy atom. The highest BCUT2D eigenvalue weighted by Crippen LogP contribution is 2.42. The molecule has 3 nitrogen and oxygen atoms in total. The molecular formula is C15H20O3. The standard InChI is InChI=1S/C15H20O3/c1-17-11-6-7-12-13(16)9-14(18-15(12)8-11)10-4-2-3-5-10/h6-8,10,13-14,16H,2-5,9H2,1H3/t13-,14?/m1/s1. The number of aliphatic hydroxyl groups excluding tert-OH is 1. The van der Waals surface area contributed by atoms with Crippen LogP contribution in [0.5, 0.6) is 11.5 Å². The van der Waals surface area contributed by atoms with Gasteiger partial charge < -0.3 is 14.6 Å². The maximum absolute atomic E-state index is 10.2. The summed E-state index contributed by atoms with van der Waals surface area (Å²) in [5.41, 5.74) is 0.894. The van der Waals surface area contributed by atoms with Crippen molar-refractivity contribution >= 4 is 0 Å². The van der Waals surface area contributed by atoms with Crippen LogP contribution in [-0.2, 0) is 0 Å². The second-order valence-electron chi connectivity index (χ2n) is 5.36. The van der Waals surface area contributed by atoms with E-state index in [1.54, 1.807) is 7.11 Å². The van der Waals surface area contributed by atoms with Crippen LogP contribution in [0, 0.1) is 5.92 Å². The molecule has 1 N–H and O–H groups in total. The summed E-state index contributed by atoms with van der Waals surface area (Å²) < 4.78 is 11.3. The van der Waals surface area contributed by atoms with Gasteiger partial charge in [0.1, 0.15) is 17.6 Å². The molecule has 1 heterocycles. The molecule has 1 aliphatic heterocycles. The molecule has 1 fully saturated rings. The lowest BCUT2D eigenvalue weighted by Crippen LogP contribution is -2.31. The van der Waals surface area contributed by atoms with Crippen molar-refractivity contribution in [3.8, 4) is 11.5 Å². The highest BCUT2D eigenvalue weighted by Gasteiger charge is 2.34. The van der Waals surface area contributed by atoms with E-state index in [4.69, 9.17) is 9.47 Å². The Kier molecular flexibility index (Phi) is 3.16. The lowest BCUT2D eigenvalue weighted by Gasteiger charge is -2.33. The molecule has 0 saturated heterocycles. The third kappa shape index (κ3) is 2.07. The Labute approximate surface area is 108 Å². The van der Waals surface area contributed by atoms with E-state index in [0.717, 1.165) is 23.5 Å². The van der Waals surface area contributed by atoms with Crippen molar-refractivity contribution in [1.29, 1.82) is 0 Å². The number of benzene rings is 1. The molecule has 2 aliphatic rings. The van der Waals surface area contributed by atoms with Gasteiger partial charge in [-0.1, -0.05) is 12.8 Å². The number of fused-ring (bicyclic) bond motifs is 1. The molecule has 1 aromatic rings. The van der Waals surface area contributed by atoms with Gasteiger partial charge >= 0.3 is 0 Å². The Hall–Kier alpha value is -1.22. The van der Waals surface area contributed by atoms with Gasteiger partial charge in [0.2, 0.25) is 0 Å². The first kappa shape index (κ1) is 11.8. The van der Waals surface area contributed by atoms with Crippen LogP contribution in [0.4, 0.5) is 0 Å². The molecule has 1 unspecified atom stereocenters. The zero-order chi connectivity index (χ0) is 12.5. The van der Waals surface area contributed by atoms with Crippen molar-refractivity contribution in [2.75, 3.05) is 7.11 Å². The molecule has 18 heavy (non-hydrogen) atoms. The Balaban J connectivity index is 1.85. The number of hydrogen-bond acceptors (Lipinski definition) is 3. The smallest absolute Gasteiger partial charge is 0.129 e. The zero-order valence-corrected chi connectivity index (χ0v) is 10.8. The van der Waals surface area contributed by atoms with Crippen molar-refractivity contribution in [1.82, 2.24) is 0 Å². The summed E-state index contributed by atoms with van der Waals surface area (Å²) in [5.74, 6) is 2.19. The van der Waals surface area contributed by atoms with E-state index < -0.39 is 6.10 Å². The first-order valence-corrected chi connectivity index (χ1v) is 6.80. The maximum atomic E-state index is 10.2. The summed E-state index contributed by atoms with van der Waals surface area (Å²) in [6.45, 7) is 0. The minimum atomic E-state index is -0.398. The van der Waals surface area contributed by atoms with Crippen LogP contribution in [-0.4, -0.2) is 18.3 Å². The van der Waals surface area contributed by atoms with Gasteiger partial charge in [0.15, 0.2) is 0 Å². The predicted octanol–water partition coefficient (Wildman–Crippen LogP) is 3.07. The van der Waals surface area contributed by atoms with Gasteiger partial charge in [-0.3, -0.25) is 0 Å². The van der Waals surface area contributed by atoms with Gasteiger partial charge in [0.25, 0.3) is 0 Å². The number of rotatable bonds is 2. The molecular weight excluding hydrogens is 228 g/mol. The minimum Gasteiger partial charge on any atom is -0.497 e. The van der Waals surface area contributed by atoms with Crippen molar-refractivity contribution < 1.29 is 14.6 Å². The zero-order valence-electron chi connectivity index (χ0n) is 10.8. The van der Waals surface area contributed by atoms with Crippen molar-refractivity contribution in [3.63, 3.8) is 0 Å². The molecule has 0 amide bonds. The lowest BCUT2D eigenvalue weighted by atomic mass is 9.90. The fourth-order valence-electron chi connectivity index (χ4n) is 3.20. The molecule has 98 valence electrons. The lowest BCUT2D eigenvalue weighted by molar-refractivity contribution is 0.0354. The van der Waals surface area contributed by atoms with Gasteiger partial charge in [-0.25, -0.2) is 0 Å². The summed E-state index contributed by atoms with van der Waals surface area (Å²) in [6.07, 6.45) is 5.56. The highest BCUT2D eigenvalue weighted by atomic mass is 16.5. The summed E-state index contributed by atoms with van der Waals surface area (Å²) >= 11 is 0. The van der Waals surface area contributed by atoms with Crippen molar-refractivity contribution in [3.05, 3.63) is 23.8 Å². The summed E-state index contributed by atoms with van der Waals surface area (Å²) in [5, 5.41) is 10.2. The van der Waals surface area contributed by atoms with Crippen LogP contribution < -0.4 is 9.47 Å². The maximum Gasteiger partial charge on any atom is 0.129 e. The summed E-state index contributed by atoms with van der Waals surface area (Å²) in [6, 6.07) is 5.67. The molecule has 1 aromatic carbocycles. The van der Waals surface area contributed by atoms with Gasteiger partial charge in [-0.2, -0.15) is 0 Å². The summed E-state index contributed by atoms with van der Waals surface area (Å²) in [4.78, 5) is 0. The topological polar surface area (TPSA) is 38.7 Å². The molecule has 0 aromatic heterocycles. The fourth-order valence-corrected chi connectivity index (χ4v) is 3.20. The summed E-state index contributed by atoms with van der Waals surface area (Å²) in [7, 11) is 1.65. The monoisotopic (exact) mass is 248 g/mol. The van der Waals surface area contributed by atoms with Crippen molar-refractivity contribution in [2.45, 2.75) is 44.3 Å². The van der Waals surface area contributed by atoms with E-state index in [-0.39, 0.29) is 6.10 Å². The second-order valence-corrected chi connectivity index (χ2v) is 5.36. The van der Waals surface area contributed by atoms with Crippen LogP contribution in [0.1, 0.15) is 43.8 Å². The molecule has 1 aliphatic carbocycles. The van der Waals surface area contributed by atoms with E-state index in [1.165, 1.54) is 25.7 Å². The van der Waals surface area contributed by atoms with Gasteiger partial charge in [-0.15, -0.1) is 0 Å². The van der Waals surface area contributed by atoms with E-state index in [0.29, 0.717) is 5.92 Å². The number of aliphatic hydroxyl groups is 1. The largest absolute Gasteiger partial charge is 0.497 e. The van der Waals surface area contributed by atoms with Crippen LogP contribution in [0.2, 0.25) is 0 Å². The number of hydrogen-bond donors (Lipinski definition) is 1. The third-order valence-electron chi connectivity index (χ3n) is 4.24. The predicted molar refractivity (Wildman–Crippen MR) is 68.9 cm³/mol. The highest BCUT2D eigenvalue weighted by molar-refractivity contribution is 5.43. The molecule has 3 heteroatoms. The van der Waals surface area contributed by atoms with Crippen molar-refractivity contribution in [2.24, 2.45) is 5.92 Å². The van der Waals surface area contributed by atoms with E-state index in [2.05, 4.69) is 0 Å². The average molecular weight is 248 g/mol. The van der Waals surface area contributed by atoms with Gasteiger partial charge in [0.05, 0.1) is 13.2 Å². The number of methoxy groups -OCH3 is 1. The minimum absolute atomic E-state index is 0.169. The second kappa shape index (κ2) is 4.81. The SMILES string of the molecule is COc1ccc2c(c1)OC(C1CCCC1)C[C@H]2O. The van der Waals surface area contributed by atoms with Crippen LogP contribution in [0.3, 0.4) is 0 Å². The number of ether oxygens (including phenoxy) is 2. The van der Waals surface area contributed by atoms with Crippen LogP contribution >= 0.6 is 0 Å². The molecule has 3 rings (SSSR count). The average Bonchev–Trinajstić information content (AvgIpc) is 2.91. The molecule has 2 atom stereocenters. The first-order valence-electron chi connectivity index (χ1n) is 6.80. The van der Waals surface area contributed by atoms with Gasteiger partial charge in [0, 0.05) is 18.1 Å². The first-order chi connectivity index (χ1) is 8.78. The molecule has 1 saturated carbocycles. The van der Waals surface area contributed by atoms with E-state index >= 15 is 0 Å². The normalized spacial score (nSPS) is 27.7. The Morgan fingerprint density at radius 3 is 2.78 bits per heavy atom. The Bertz CT molecular complexity index is 424. The fraction of sp³-hybridized carbons (Fsp3) is 0.600. The molecule has 0 spiro atoms. The van der Waals surface area contributed by atoms with Crippen LogP contribution in [0.25, 0.3) is 0 Å². The van der Waals surface area contributed by atoms with E-state index in [9.17, 15) is 5.11 Å². The van der Waals surface area contributed by atoms with Gasteiger partial charge in [-0.05, 0) is 30.9 Å². The molecule has 0 radical (unpaired) electrons. The Morgan fingerprint density at radius 2 is 2.06 bits per heavy atom. The molecule has 0 bridgehead atoms.